The number of benzene rings is 1. The van der Waals surface area contributed by atoms with Crippen molar-refractivity contribution in [2.45, 2.75) is 64.1 Å². The smallest absolute Gasteiger partial charge is 0.222 e. The number of hydrogen-bond donors (Lipinski definition) is 4. The van der Waals surface area contributed by atoms with Crippen molar-refractivity contribution >= 4 is 22.8 Å². The van der Waals surface area contributed by atoms with Crippen molar-refractivity contribution in [2.24, 2.45) is 0 Å². The minimum absolute atomic E-state index is 0.146. The molecule has 9 nitrogen and oxygen atoms in total. The van der Waals surface area contributed by atoms with Gasteiger partial charge >= 0.3 is 0 Å². The number of anilines is 2. The Morgan fingerprint density at radius 2 is 2.06 bits per heavy atom. The number of nitrogen functional groups attached to an aromatic ring is 1. The zero-order chi connectivity index (χ0) is 23.3. The van der Waals surface area contributed by atoms with Gasteiger partial charge in [0.2, 0.25) is 5.95 Å². The molecule has 0 amide bonds. The number of ether oxygens (including phenoxy) is 1. The van der Waals surface area contributed by atoms with E-state index in [0.717, 1.165) is 49.1 Å². The summed E-state index contributed by atoms with van der Waals surface area (Å²) in [5.41, 5.74) is 9.34. The fraction of sp³-hybridized carbons (Fsp3) is 0.542. The van der Waals surface area contributed by atoms with Crippen LogP contribution in [0.2, 0.25) is 0 Å². The summed E-state index contributed by atoms with van der Waals surface area (Å²) >= 11 is 0. The maximum absolute atomic E-state index is 9.84. The predicted octanol–water partition coefficient (Wildman–Crippen LogP) is 3.07. The first kappa shape index (κ1) is 23.3. The molecule has 0 saturated heterocycles. The average Bonchev–Trinajstić information content (AvgIpc) is 3.46. The van der Waals surface area contributed by atoms with Gasteiger partial charge < -0.3 is 26.2 Å². The third-order valence-corrected chi connectivity index (χ3v) is 6.47. The quantitative estimate of drug-likeness (QED) is 0.327. The Morgan fingerprint density at radius 1 is 1.24 bits per heavy atom. The number of rotatable bonds is 11. The molecule has 0 atom stereocenters. The first-order valence-corrected chi connectivity index (χ1v) is 11.8. The molecule has 0 unspecified atom stereocenters. The molecule has 0 aliphatic heterocycles. The fourth-order valence-electron chi connectivity index (χ4n) is 4.50. The lowest BCUT2D eigenvalue weighted by atomic mass is 9.98. The number of nitrogens with zero attached hydrogens (tertiary/aromatic N) is 4. The Bertz CT molecular complexity index is 1080. The molecule has 0 radical (unpaired) electrons. The number of aliphatic hydroxyl groups excluding tert-OH is 1. The molecule has 0 bridgehead atoms. The van der Waals surface area contributed by atoms with Gasteiger partial charge in [0, 0.05) is 24.2 Å². The van der Waals surface area contributed by atoms with E-state index >= 15 is 0 Å². The highest BCUT2D eigenvalue weighted by Gasteiger charge is 2.32. The topological polar surface area (TPSA) is 123 Å². The van der Waals surface area contributed by atoms with Crippen molar-refractivity contribution in [1.82, 2.24) is 25.1 Å². The van der Waals surface area contributed by atoms with Gasteiger partial charge in [-0.2, -0.15) is 10.1 Å². The highest BCUT2D eigenvalue weighted by molar-refractivity contribution is 5.85. The van der Waals surface area contributed by atoms with E-state index in [1.807, 2.05) is 10.9 Å². The number of unbranched alkanes of at least 4 members (excludes halogenated alkanes) is 1. The molecule has 2 aromatic heterocycles. The largest absolute Gasteiger partial charge is 0.496 e. The van der Waals surface area contributed by atoms with Crippen LogP contribution in [-0.2, 0) is 13.1 Å². The second-order valence-electron chi connectivity index (χ2n) is 8.92. The van der Waals surface area contributed by atoms with E-state index in [4.69, 9.17) is 15.6 Å². The third kappa shape index (κ3) is 5.36. The van der Waals surface area contributed by atoms with Crippen molar-refractivity contribution < 1.29 is 9.84 Å². The van der Waals surface area contributed by atoms with Crippen LogP contribution in [0.15, 0.2) is 24.4 Å². The Kier molecular flexibility index (Phi) is 7.29. The predicted molar refractivity (Wildman–Crippen MR) is 130 cm³/mol. The lowest BCUT2D eigenvalue weighted by Crippen LogP contribution is -2.45. The van der Waals surface area contributed by atoms with Crippen molar-refractivity contribution in [3.05, 3.63) is 35.5 Å². The second kappa shape index (κ2) is 10.4. The van der Waals surface area contributed by atoms with Gasteiger partial charge in [0.05, 0.1) is 26.5 Å². The number of methoxy groups -OCH3 is 1. The SMILES string of the molecule is CCCCNc1nc(N)nc2cn(Cc3ccc(CNC4(CO)CCCC4)cc3OC)nc12. The van der Waals surface area contributed by atoms with E-state index in [0.29, 0.717) is 29.9 Å². The summed E-state index contributed by atoms with van der Waals surface area (Å²) in [6.45, 7) is 4.38. The molecule has 4 rings (SSSR count). The second-order valence-corrected chi connectivity index (χ2v) is 8.92. The van der Waals surface area contributed by atoms with Gasteiger partial charge in [0.15, 0.2) is 11.3 Å². The van der Waals surface area contributed by atoms with Crippen molar-refractivity contribution in [3.8, 4) is 5.75 Å². The van der Waals surface area contributed by atoms with Crippen molar-refractivity contribution in [1.29, 1.82) is 0 Å². The molecule has 178 valence electrons. The summed E-state index contributed by atoms with van der Waals surface area (Å²) < 4.78 is 7.53. The Hall–Kier alpha value is -2.91. The van der Waals surface area contributed by atoms with E-state index in [9.17, 15) is 5.11 Å². The lowest BCUT2D eigenvalue weighted by Gasteiger charge is -2.28. The molecule has 3 aromatic rings. The van der Waals surface area contributed by atoms with Gasteiger partial charge in [-0.25, -0.2) is 4.98 Å². The summed E-state index contributed by atoms with van der Waals surface area (Å²) in [4.78, 5) is 8.68. The summed E-state index contributed by atoms with van der Waals surface area (Å²) in [7, 11) is 1.68. The standard InChI is InChI=1S/C24H35N7O2/c1-3-4-11-26-22-21-19(28-23(25)29-22)15-31(30-21)14-18-8-7-17(12-20(18)33-2)13-27-24(16-32)9-5-6-10-24/h7-8,12,15,27,32H,3-6,9-11,13-14,16H2,1-2H3,(H3,25,26,28,29). The molecule has 5 N–H and O–H groups in total. The van der Waals surface area contributed by atoms with Crippen LogP contribution in [0.25, 0.3) is 11.0 Å². The Labute approximate surface area is 194 Å². The van der Waals surface area contributed by atoms with E-state index < -0.39 is 0 Å². The van der Waals surface area contributed by atoms with Gasteiger partial charge in [0.1, 0.15) is 11.3 Å². The summed E-state index contributed by atoms with van der Waals surface area (Å²) in [6.07, 6.45) is 8.40. The summed E-state index contributed by atoms with van der Waals surface area (Å²) in [6, 6.07) is 6.23. The molecule has 9 heteroatoms. The normalized spacial score (nSPS) is 15.2. The molecule has 1 saturated carbocycles. The first-order valence-electron chi connectivity index (χ1n) is 11.8. The number of aliphatic hydroxyl groups is 1. The van der Waals surface area contributed by atoms with E-state index in [1.54, 1.807) is 7.11 Å². The lowest BCUT2D eigenvalue weighted by molar-refractivity contribution is 0.163. The van der Waals surface area contributed by atoms with E-state index in [2.05, 4.69) is 45.7 Å². The molecule has 1 fully saturated rings. The van der Waals surface area contributed by atoms with Gasteiger partial charge in [-0.1, -0.05) is 38.3 Å². The van der Waals surface area contributed by atoms with Crippen LogP contribution in [0.4, 0.5) is 11.8 Å². The first-order chi connectivity index (χ1) is 16.1. The summed E-state index contributed by atoms with van der Waals surface area (Å²) in [5.74, 6) is 1.71. The van der Waals surface area contributed by atoms with Gasteiger partial charge in [-0.05, 0) is 30.9 Å². The van der Waals surface area contributed by atoms with Gasteiger partial charge in [-0.3, -0.25) is 4.68 Å². The third-order valence-electron chi connectivity index (χ3n) is 6.47. The highest BCUT2D eigenvalue weighted by atomic mass is 16.5. The summed E-state index contributed by atoms with van der Waals surface area (Å²) in [5, 5.41) is 21.5. The zero-order valence-electron chi connectivity index (χ0n) is 19.6. The fourth-order valence-corrected chi connectivity index (χ4v) is 4.50. The van der Waals surface area contributed by atoms with Crippen LogP contribution >= 0.6 is 0 Å². The molecule has 1 aromatic carbocycles. The minimum atomic E-state index is -0.146. The van der Waals surface area contributed by atoms with Crippen molar-refractivity contribution in [3.63, 3.8) is 0 Å². The highest BCUT2D eigenvalue weighted by Crippen LogP contribution is 2.30. The van der Waals surface area contributed by atoms with Crippen LogP contribution in [-0.4, -0.2) is 50.7 Å². The monoisotopic (exact) mass is 453 g/mol. The zero-order valence-corrected chi connectivity index (χ0v) is 19.6. The van der Waals surface area contributed by atoms with Crippen LogP contribution in [0.3, 0.4) is 0 Å². The molecular weight excluding hydrogens is 418 g/mol. The molecule has 0 spiro atoms. The van der Waals surface area contributed by atoms with Gasteiger partial charge in [0.25, 0.3) is 0 Å². The Balaban J connectivity index is 1.50. The maximum Gasteiger partial charge on any atom is 0.222 e. The van der Waals surface area contributed by atoms with E-state index in [1.165, 1.54) is 12.8 Å². The Morgan fingerprint density at radius 3 is 2.79 bits per heavy atom. The number of fused-ring (bicyclic) bond motifs is 1. The molecule has 1 aliphatic carbocycles. The van der Waals surface area contributed by atoms with Crippen LogP contribution in [0.1, 0.15) is 56.6 Å². The molecule has 2 heterocycles. The van der Waals surface area contributed by atoms with Gasteiger partial charge in [-0.15, -0.1) is 0 Å². The van der Waals surface area contributed by atoms with Crippen molar-refractivity contribution in [2.75, 3.05) is 31.3 Å². The number of aromatic nitrogens is 4. The number of hydrogen-bond acceptors (Lipinski definition) is 8. The maximum atomic E-state index is 9.84. The molecule has 33 heavy (non-hydrogen) atoms. The minimum Gasteiger partial charge on any atom is -0.496 e. The van der Waals surface area contributed by atoms with E-state index in [-0.39, 0.29) is 18.1 Å². The van der Waals surface area contributed by atoms with Crippen LogP contribution in [0.5, 0.6) is 5.75 Å². The molecule has 1 aliphatic rings. The van der Waals surface area contributed by atoms with Crippen LogP contribution in [0, 0.1) is 0 Å². The van der Waals surface area contributed by atoms with Crippen LogP contribution < -0.4 is 21.1 Å². The molecular formula is C24H35N7O2. The average molecular weight is 454 g/mol. The number of nitrogens with one attached hydrogen (secondary N) is 2. The number of nitrogens with two attached hydrogens (primary N) is 1.